The molecule has 0 fully saturated rings. The van der Waals surface area contributed by atoms with Crippen molar-refractivity contribution in [1.82, 2.24) is 8.97 Å². The number of rotatable bonds is 5. The predicted molar refractivity (Wildman–Crippen MR) is 272 cm³/mol. The van der Waals surface area contributed by atoms with Crippen molar-refractivity contribution in [2.75, 3.05) is 0 Å². The van der Waals surface area contributed by atoms with Crippen LogP contribution in [0.5, 0.6) is 0 Å². The Hall–Kier alpha value is -7.98. The lowest BCUT2D eigenvalue weighted by Crippen LogP contribution is -2.74. The zero-order valence-electron chi connectivity index (χ0n) is 34.5. The Morgan fingerprint density at radius 2 is 0.587 bits per heavy atom. The van der Waals surface area contributed by atoms with Crippen LogP contribution in [0.3, 0.4) is 0 Å². The Balaban J connectivity index is 1.19. The maximum atomic E-state index is 2.53. The summed E-state index contributed by atoms with van der Waals surface area (Å²) in [5.74, 6) is 0. The predicted octanol–water partition coefficient (Wildman–Crippen LogP) is 12.7. The van der Waals surface area contributed by atoms with E-state index in [-0.39, 0.29) is 0 Å². The largest absolute Gasteiger partial charge is 0.309 e. The Kier molecular flexibility index (Phi) is 7.96. The monoisotopic (exact) mass is 816 g/mol. The number of hydrogen-bond donors (Lipinski definition) is 0. The number of hydrogen-bond acceptors (Lipinski definition) is 0. The number of fused-ring (bicyclic) bond motifs is 13. The average Bonchev–Trinajstić information content (AvgIpc) is 3.88. The third kappa shape index (κ3) is 5.18. The fourth-order valence-corrected chi connectivity index (χ4v) is 15.8. The molecule has 3 aromatic heterocycles. The zero-order valence-corrected chi connectivity index (χ0v) is 35.5. The Labute approximate surface area is 365 Å². The molecule has 0 saturated heterocycles. The van der Waals surface area contributed by atoms with Crippen LogP contribution < -0.4 is 20.7 Å². The van der Waals surface area contributed by atoms with E-state index in [1.165, 1.54) is 102 Å². The Morgan fingerprint density at radius 3 is 1.10 bits per heavy atom. The van der Waals surface area contributed by atoms with Crippen molar-refractivity contribution in [2.24, 2.45) is 0 Å². The molecule has 3 heteroatoms. The van der Waals surface area contributed by atoms with E-state index in [4.69, 9.17) is 0 Å². The maximum Gasteiger partial charge on any atom is 0.179 e. The molecule has 0 aliphatic rings. The van der Waals surface area contributed by atoms with Gasteiger partial charge in [0.05, 0.1) is 27.6 Å². The van der Waals surface area contributed by atoms with Gasteiger partial charge in [-0.1, -0.05) is 206 Å². The number of nitrogens with zero attached hydrogens (tertiary/aromatic N) is 2. The van der Waals surface area contributed by atoms with E-state index in [9.17, 15) is 0 Å². The van der Waals surface area contributed by atoms with E-state index in [0.717, 1.165) is 5.69 Å². The van der Waals surface area contributed by atoms with Gasteiger partial charge in [-0.05, 0) is 78.7 Å². The molecule has 13 rings (SSSR count). The van der Waals surface area contributed by atoms with E-state index >= 15 is 0 Å². The molecular weight excluding hydrogens is 777 g/mol. The van der Waals surface area contributed by atoms with Crippen molar-refractivity contribution < 1.29 is 0 Å². The van der Waals surface area contributed by atoms with Crippen LogP contribution in [0.1, 0.15) is 0 Å². The molecule has 0 unspecified atom stereocenters. The van der Waals surface area contributed by atoms with Crippen molar-refractivity contribution in [1.29, 1.82) is 0 Å². The van der Waals surface area contributed by atoms with Gasteiger partial charge in [0.2, 0.25) is 0 Å². The van der Waals surface area contributed by atoms with Gasteiger partial charge in [-0.3, -0.25) is 0 Å². The highest BCUT2D eigenvalue weighted by Crippen LogP contribution is 2.41. The first-order chi connectivity index (χ1) is 31.3. The molecule has 0 saturated carbocycles. The van der Waals surface area contributed by atoms with Crippen LogP contribution in [0.25, 0.3) is 87.1 Å². The smallest absolute Gasteiger partial charge is 0.179 e. The highest BCUT2D eigenvalue weighted by atomic mass is 28.3. The van der Waals surface area contributed by atoms with Crippen molar-refractivity contribution in [3.63, 3.8) is 0 Å². The van der Waals surface area contributed by atoms with Gasteiger partial charge in [0.1, 0.15) is 0 Å². The van der Waals surface area contributed by atoms with E-state index in [1.54, 1.807) is 0 Å². The molecule has 63 heavy (non-hydrogen) atoms. The molecule has 0 aliphatic carbocycles. The zero-order chi connectivity index (χ0) is 41.5. The lowest BCUT2D eigenvalue weighted by Gasteiger charge is -2.34. The number of para-hydroxylation sites is 3. The van der Waals surface area contributed by atoms with Gasteiger partial charge in [0.15, 0.2) is 8.07 Å². The first-order valence-electron chi connectivity index (χ1n) is 21.9. The van der Waals surface area contributed by atoms with Crippen LogP contribution in [0, 0.1) is 0 Å². The molecule has 0 amide bonds. The molecule has 0 bridgehead atoms. The summed E-state index contributed by atoms with van der Waals surface area (Å²) in [6, 6.07) is 90.8. The van der Waals surface area contributed by atoms with Gasteiger partial charge in [-0.25, -0.2) is 0 Å². The van der Waals surface area contributed by atoms with Crippen molar-refractivity contribution in [3.8, 4) is 5.69 Å². The minimum absolute atomic E-state index is 1.15. The summed E-state index contributed by atoms with van der Waals surface area (Å²) in [4.78, 5) is 0. The normalized spacial score (nSPS) is 12.1. The Morgan fingerprint density at radius 1 is 0.238 bits per heavy atom. The molecule has 0 atom stereocenters. The van der Waals surface area contributed by atoms with Crippen LogP contribution >= 0.6 is 0 Å². The lowest BCUT2D eigenvalue weighted by atomic mass is 10.00. The molecule has 10 aromatic carbocycles. The van der Waals surface area contributed by atoms with Gasteiger partial charge in [0, 0.05) is 38.0 Å². The van der Waals surface area contributed by atoms with Crippen LogP contribution in [0.15, 0.2) is 243 Å². The van der Waals surface area contributed by atoms with Crippen LogP contribution in [-0.4, -0.2) is 17.0 Å². The summed E-state index contributed by atoms with van der Waals surface area (Å²) in [7, 11) is -2.77. The van der Waals surface area contributed by atoms with E-state index in [1.807, 2.05) is 0 Å². The fraction of sp³-hybridized carbons (Fsp3) is 0. The average molecular weight is 817 g/mol. The first-order valence-corrected chi connectivity index (χ1v) is 23.9. The first kappa shape index (κ1) is 35.7. The van der Waals surface area contributed by atoms with Gasteiger partial charge in [-0.2, -0.15) is 0 Å². The van der Waals surface area contributed by atoms with Crippen molar-refractivity contribution in [2.45, 2.75) is 0 Å². The molecule has 13 aromatic rings. The van der Waals surface area contributed by atoms with Gasteiger partial charge in [-0.15, -0.1) is 0 Å². The lowest BCUT2D eigenvalue weighted by molar-refractivity contribution is 1.19. The second-order valence-electron chi connectivity index (χ2n) is 16.8. The summed E-state index contributed by atoms with van der Waals surface area (Å²) in [5, 5.41) is 17.8. The minimum atomic E-state index is -2.77. The Bertz CT molecular complexity index is 3860. The fourth-order valence-electron chi connectivity index (χ4n) is 11.0. The SMILES string of the molecule is c1ccc([Si](c2ccccc2)(c2ccccc2)c2ccc3c(c2)c2ccccc2n3-c2cc3c4ccccc4c4ccccc4c4ccccc4n4c5ccccc5c(c2)c34)cc1. The maximum absolute atomic E-state index is 2.77. The molecule has 0 spiro atoms. The van der Waals surface area contributed by atoms with Gasteiger partial charge in [0.25, 0.3) is 0 Å². The standard InChI is InChI=1S/C60H40N2Si/c1-4-20-42(21-5-1)63(43-22-6-2-7-23-43,44-24-8-3-9-25-44)45-36-37-59-53(40-45)51-31-15-17-33-56(51)61(59)41-38-54-49-29-13-11-27-47(49)46-26-10-12-28-48(46)50-30-14-18-34-57(50)62-58-35-19-16-32-52(58)55(39-41)60(54)62/h1-40H. The van der Waals surface area contributed by atoms with Crippen LogP contribution in [0.4, 0.5) is 0 Å². The summed E-state index contributed by atoms with van der Waals surface area (Å²) >= 11 is 0. The van der Waals surface area contributed by atoms with E-state index in [2.05, 4.69) is 252 Å². The highest BCUT2D eigenvalue weighted by Gasteiger charge is 2.41. The third-order valence-corrected chi connectivity index (χ3v) is 18.4. The summed E-state index contributed by atoms with van der Waals surface area (Å²) in [5.41, 5.74) is 7.14. The van der Waals surface area contributed by atoms with Gasteiger partial charge < -0.3 is 8.97 Å². The molecule has 294 valence electrons. The van der Waals surface area contributed by atoms with E-state index < -0.39 is 8.07 Å². The molecule has 3 heterocycles. The van der Waals surface area contributed by atoms with Crippen molar-refractivity contribution >= 4 is 110 Å². The third-order valence-electron chi connectivity index (χ3n) is 13.6. The van der Waals surface area contributed by atoms with Crippen LogP contribution in [0.2, 0.25) is 0 Å². The second kappa shape index (κ2) is 14.0. The molecule has 0 aliphatic heterocycles. The van der Waals surface area contributed by atoms with E-state index in [0.29, 0.717) is 0 Å². The summed E-state index contributed by atoms with van der Waals surface area (Å²) < 4.78 is 5.04. The topological polar surface area (TPSA) is 9.34 Å². The van der Waals surface area contributed by atoms with Crippen LogP contribution in [-0.2, 0) is 0 Å². The molecule has 0 radical (unpaired) electrons. The number of aromatic nitrogens is 2. The summed E-state index contributed by atoms with van der Waals surface area (Å²) in [6.07, 6.45) is 0. The minimum Gasteiger partial charge on any atom is -0.309 e. The highest BCUT2D eigenvalue weighted by molar-refractivity contribution is 7.20. The van der Waals surface area contributed by atoms with Crippen molar-refractivity contribution in [3.05, 3.63) is 243 Å². The quantitative estimate of drug-likeness (QED) is 0.121. The molecule has 2 nitrogen and oxygen atoms in total. The second-order valence-corrected chi connectivity index (χ2v) is 20.6. The number of benzene rings is 10. The molecule has 0 N–H and O–H groups in total. The summed E-state index contributed by atoms with van der Waals surface area (Å²) in [6.45, 7) is 0. The molecular formula is C60H40N2Si. The van der Waals surface area contributed by atoms with Gasteiger partial charge >= 0.3 is 0 Å².